The second kappa shape index (κ2) is 13.0. The Morgan fingerprint density at radius 3 is 2.23 bits per heavy atom. The molecule has 2 heterocycles. The van der Waals surface area contributed by atoms with Gasteiger partial charge in [0.1, 0.15) is 36.6 Å². The van der Waals surface area contributed by atoms with Crippen molar-refractivity contribution in [3.05, 3.63) is 33.1 Å². The number of rotatable bonds is 10. The molecule has 10 N–H and O–H groups in total. The van der Waals surface area contributed by atoms with Crippen LogP contribution in [0.25, 0.3) is 0 Å². The van der Waals surface area contributed by atoms with Gasteiger partial charge in [-0.15, -0.1) is 0 Å². The summed E-state index contributed by atoms with van der Waals surface area (Å²) >= 11 is 0. The molecule has 0 amide bonds. The van der Waals surface area contributed by atoms with Gasteiger partial charge in [0.15, 0.2) is 12.5 Å². The smallest absolute Gasteiger partial charge is 0.394 e. The van der Waals surface area contributed by atoms with Gasteiger partial charge in [0.2, 0.25) is 0 Å². The van der Waals surface area contributed by atoms with Crippen LogP contribution >= 0.6 is 15.6 Å². The van der Waals surface area contributed by atoms with Crippen LogP contribution in [0.3, 0.4) is 0 Å². The predicted octanol–water partition coefficient (Wildman–Crippen LogP) is -5.36. The monoisotopic (exact) mass is 554 g/mol. The van der Waals surface area contributed by atoms with E-state index >= 15 is 0 Å². The van der Waals surface area contributed by atoms with Crippen molar-refractivity contribution >= 4 is 21.9 Å². The first-order chi connectivity index (χ1) is 16.0. The van der Waals surface area contributed by atoms with Crippen LogP contribution in [0.1, 0.15) is 6.23 Å². The lowest BCUT2D eigenvalue weighted by Gasteiger charge is -2.17. The maximum Gasteiger partial charge on any atom is 0.481 e. The number of aromatic amines is 1. The fourth-order valence-corrected chi connectivity index (χ4v) is 4.07. The molecule has 0 spiro atoms. The summed E-state index contributed by atoms with van der Waals surface area (Å²) in [7, 11) is -10.5. The van der Waals surface area contributed by atoms with Gasteiger partial charge in [0, 0.05) is 12.3 Å². The standard InChI is InChI=1S/C9H14N2O12P2.C5H10O5/c12-5-1-2-11(9(15)10-5)8-7(14)6(13)4(22-8)3-21-25(19,20)23-24(16,17)18;6-1-3(8)5(10)4(9)2-7/h1-2,4,6-8,13-14H,3H2,(H,19,20)(H,10,12,15)(H2,16,17,18);1,3-5,7-10H,2H2/t4-,6-,7-,8-;/m1./s1. The average molecular weight is 554 g/mol. The molecule has 1 aromatic rings. The maximum absolute atomic E-state index is 11.7. The molecule has 1 fully saturated rings. The molecule has 0 radical (unpaired) electrons. The highest BCUT2D eigenvalue weighted by Crippen LogP contribution is 2.57. The van der Waals surface area contributed by atoms with Gasteiger partial charge in [-0.1, -0.05) is 0 Å². The number of aldehydes is 1. The first kappa shape index (κ1) is 31.4. The van der Waals surface area contributed by atoms with E-state index < -0.39 is 83.0 Å². The summed E-state index contributed by atoms with van der Waals surface area (Å²) in [5, 5.41) is 53.8. The lowest BCUT2D eigenvalue weighted by atomic mass is 10.1. The van der Waals surface area contributed by atoms with Crippen molar-refractivity contribution in [2.75, 3.05) is 13.2 Å². The van der Waals surface area contributed by atoms with Crippen LogP contribution in [0.5, 0.6) is 0 Å². The minimum atomic E-state index is -5.32. The Balaban J connectivity index is 0.000000518. The van der Waals surface area contributed by atoms with Gasteiger partial charge in [0.05, 0.1) is 13.2 Å². The van der Waals surface area contributed by atoms with Crippen molar-refractivity contribution in [3.8, 4) is 0 Å². The number of aliphatic hydroxyl groups is 6. The summed E-state index contributed by atoms with van der Waals surface area (Å²) in [4.78, 5) is 60.4. The third-order valence-electron chi connectivity index (χ3n) is 4.14. The molecule has 0 saturated carbocycles. The minimum absolute atomic E-state index is 0.0869. The summed E-state index contributed by atoms with van der Waals surface area (Å²) in [5.41, 5.74) is -1.65. The number of H-pyrrole nitrogens is 1. The number of aliphatic hydroxyl groups excluding tert-OH is 6. The Morgan fingerprint density at radius 1 is 1.14 bits per heavy atom. The van der Waals surface area contributed by atoms with Crippen LogP contribution in [-0.2, 0) is 27.5 Å². The number of nitrogens with zero attached hydrogens (tertiary/aromatic N) is 1. The van der Waals surface area contributed by atoms with E-state index in [4.69, 9.17) is 39.8 Å². The first-order valence-corrected chi connectivity index (χ1v) is 12.2. The number of ether oxygens (including phenoxy) is 1. The topological polar surface area (TPSA) is 316 Å². The van der Waals surface area contributed by atoms with Crippen molar-refractivity contribution in [3.63, 3.8) is 0 Å². The van der Waals surface area contributed by atoms with Crippen molar-refractivity contribution in [2.24, 2.45) is 0 Å². The second-order valence-corrected chi connectivity index (χ2v) is 9.60. The fraction of sp³-hybridized carbons (Fsp3) is 0.643. The van der Waals surface area contributed by atoms with E-state index in [2.05, 4.69) is 8.83 Å². The molecule has 1 aliphatic heterocycles. The summed E-state index contributed by atoms with van der Waals surface area (Å²) in [6, 6.07) is 0.962. The Morgan fingerprint density at radius 2 is 1.74 bits per heavy atom. The van der Waals surface area contributed by atoms with Gasteiger partial charge < -0.3 is 54.9 Å². The molecule has 0 aromatic carbocycles. The highest BCUT2D eigenvalue weighted by Gasteiger charge is 2.45. The highest BCUT2D eigenvalue weighted by atomic mass is 31.3. The number of hydrogen-bond donors (Lipinski definition) is 10. The van der Waals surface area contributed by atoms with Crippen LogP contribution in [-0.4, -0.2) is 111 Å². The fourth-order valence-electron chi connectivity index (χ4n) is 2.47. The first-order valence-electron chi connectivity index (χ1n) is 9.20. The number of phosphoric ester groups is 1. The Labute approximate surface area is 194 Å². The van der Waals surface area contributed by atoms with Gasteiger partial charge >= 0.3 is 21.3 Å². The van der Waals surface area contributed by atoms with Crippen LogP contribution in [0, 0.1) is 0 Å². The van der Waals surface area contributed by atoms with Crippen LogP contribution in [0.4, 0.5) is 0 Å². The molecule has 4 unspecified atom stereocenters. The molecule has 1 aliphatic rings. The third-order valence-corrected chi connectivity index (χ3v) is 6.30. The van der Waals surface area contributed by atoms with E-state index in [0.29, 0.717) is 0 Å². The number of carbonyl (C=O) groups excluding carboxylic acids is 1. The molecule has 1 saturated heterocycles. The van der Waals surface area contributed by atoms with Crippen molar-refractivity contribution in [1.29, 1.82) is 0 Å². The normalized spacial score (nSPS) is 26.7. The van der Waals surface area contributed by atoms with Crippen molar-refractivity contribution < 1.29 is 72.8 Å². The van der Waals surface area contributed by atoms with E-state index in [1.807, 2.05) is 4.98 Å². The quantitative estimate of drug-likeness (QED) is 0.0953. The Bertz CT molecular complexity index is 1040. The van der Waals surface area contributed by atoms with Gasteiger partial charge in [-0.05, 0) is 0 Å². The summed E-state index contributed by atoms with van der Waals surface area (Å²) < 4.78 is 35.6. The Kier molecular flexibility index (Phi) is 11.7. The lowest BCUT2D eigenvalue weighted by Crippen LogP contribution is -2.40. The number of carbonyl (C=O) groups is 1. The number of nitrogens with one attached hydrogen (secondary N) is 1. The number of aromatic nitrogens is 2. The SMILES string of the molecule is O=CC(O)C(O)C(O)CO.O=c1ccn([C@@H]2O[C@H](COP(=O)(O)OP(=O)(O)O)[C@@H](O)[C@H]2O)c(=O)[nH]1. The van der Waals surface area contributed by atoms with E-state index in [1.165, 1.54) is 0 Å². The van der Waals surface area contributed by atoms with E-state index in [-0.39, 0.29) is 6.29 Å². The molecular weight excluding hydrogens is 530 g/mol. The largest absolute Gasteiger partial charge is 0.481 e. The predicted molar refractivity (Wildman–Crippen MR) is 107 cm³/mol. The molecule has 1 aromatic heterocycles. The summed E-state index contributed by atoms with van der Waals surface area (Å²) in [6.07, 6.45) is -9.88. The zero-order valence-corrected chi connectivity index (χ0v) is 19.1. The van der Waals surface area contributed by atoms with Crippen molar-refractivity contribution in [2.45, 2.75) is 42.9 Å². The second-order valence-electron chi connectivity index (χ2n) is 6.77. The number of hydrogen-bond acceptors (Lipinski definition) is 14. The highest BCUT2D eigenvalue weighted by molar-refractivity contribution is 7.60. The molecule has 35 heavy (non-hydrogen) atoms. The third kappa shape index (κ3) is 9.71. The molecule has 19 nitrogen and oxygen atoms in total. The summed E-state index contributed by atoms with van der Waals surface area (Å²) in [6.45, 7) is -1.59. The van der Waals surface area contributed by atoms with Gasteiger partial charge in [-0.3, -0.25) is 18.9 Å². The number of phosphoric acid groups is 2. The average Bonchev–Trinajstić information content (AvgIpc) is 3.03. The molecule has 8 atom stereocenters. The molecule has 0 aliphatic carbocycles. The molecule has 2 rings (SSSR count). The molecular formula is C14H24N2O17P2. The van der Waals surface area contributed by atoms with E-state index in [0.717, 1.165) is 16.8 Å². The Hall–Kier alpha value is -1.67. The molecule has 0 bridgehead atoms. The summed E-state index contributed by atoms with van der Waals surface area (Å²) in [5.74, 6) is 0. The van der Waals surface area contributed by atoms with Crippen LogP contribution in [0.15, 0.2) is 21.9 Å². The minimum Gasteiger partial charge on any atom is -0.394 e. The maximum atomic E-state index is 11.7. The van der Waals surface area contributed by atoms with Gasteiger partial charge in [0.25, 0.3) is 5.56 Å². The van der Waals surface area contributed by atoms with Crippen LogP contribution in [0.2, 0.25) is 0 Å². The van der Waals surface area contributed by atoms with Crippen LogP contribution < -0.4 is 11.2 Å². The molecule has 21 heteroatoms. The van der Waals surface area contributed by atoms with Gasteiger partial charge in [-0.2, -0.15) is 4.31 Å². The lowest BCUT2D eigenvalue weighted by molar-refractivity contribution is -0.127. The van der Waals surface area contributed by atoms with E-state index in [9.17, 15) is 33.7 Å². The van der Waals surface area contributed by atoms with E-state index in [1.54, 1.807) is 0 Å². The molecule has 202 valence electrons. The zero-order valence-electron chi connectivity index (χ0n) is 17.3. The zero-order chi connectivity index (χ0) is 27.1. The van der Waals surface area contributed by atoms with Crippen molar-refractivity contribution in [1.82, 2.24) is 9.55 Å². The van der Waals surface area contributed by atoms with Gasteiger partial charge in [-0.25, -0.2) is 13.9 Å².